The van der Waals surface area contributed by atoms with Gasteiger partial charge < -0.3 is 9.40 Å². The normalized spacial score (nSPS) is 11.8. The van der Waals surface area contributed by atoms with Crippen molar-refractivity contribution in [1.29, 1.82) is 0 Å². The van der Waals surface area contributed by atoms with Crippen molar-refractivity contribution in [3.63, 3.8) is 0 Å². The molecule has 0 spiro atoms. The van der Waals surface area contributed by atoms with Gasteiger partial charge in [0, 0.05) is 10.9 Å². The number of aromatic amines is 1. The van der Waals surface area contributed by atoms with Crippen molar-refractivity contribution in [2.75, 3.05) is 5.43 Å². The molecule has 0 radical (unpaired) electrons. The summed E-state index contributed by atoms with van der Waals surface area (Å²) in [5, 5.41) is 13.4. The predicted molar refractivity (Wildman–Crippen MR) is 96.2 cm³/mol. The van der Waals surface area contributed by atoms with Gasteiger partial charge >= 0.3 is 0 Å². The van der Waals surface area contributed by atoms with Gasteiger partial charge in [-0.25, -0.2) is 5.43 Å². The fraction of sp³-hybridized carbons (Fsp3) is 0.125. The highest BCUT2D eigenvalue weighted by molar-refractivity contribution is 9.10. The average molecular weight is 385 g/mol. The summed E-state index contributed by atoms with van der Waals surface area (Å²) in [6, 6.07) is 9.83. The van der Waals surface area contributed by atoms with Gasteiger partial charge in [-0.3, -0.25) is 0 Å². The molecule has 4 aromatic rings. The minimum Gasteiger partial charge on any atom is -0.448 e. The SMILES string of the molecule is CCc1ccc2[nH]c3nc(N/N=C\c4ccc(Br)o4)nnc3c2c1. The van der Waals surface area contributed by atoms with Gasteiger partial charge in [-0.15, -0.1) is 10.2 Å². The van der Waals surface area contributed by atoms with Crippen LogP contribution >= 0.6 is 15.9 Å². The van der Waals surface area contributed by atoms with E-state index in [9.17, 15) is 0 Å². The molecule has 0 aliphatic heterocycles. The summed E-state index contributed by atoms with van der Waals surface area (Å²) in [6.45, 7) is 2.12. The van der Waals surface area contributed by atoms with Crippen LogP contribution in [0.15, 0.2) is 44.5 Å². The second-order valence-corrected chi connectivity index (χ2v) is 5.98. The number of halogens is 1. The van der Waals surface area contributed by atoms with Gasteiger partial charge in [0.25, 0.3) is 5.95 Å². The Morgan fingerprint density at radius 1 is 1.29 bits per heavy atom. The van der Waals surface area contributed by atoms with Crippen LogP contribution in [0.3, 0.4) is 0 Å². The quantitative estimate of drug-likeness (QED) is 0.411. The lowest BCUT2D eigenvalue weighted by atomic mass is 10.1. The fourth-order valence-electron chi connectivity index (χ4n) is 2.44. The number of nitrogens with one attached hydrogen (secondary N) is 2. The van der Waals surface area contributed by atoms with E-state index in [4.69, 9.17) is 4.42 Å². The maximum absolute atomic E-state index is 5.32. The molecule has 0 aliphatic rings. The van der Waals surface area contributed by atoms with Gasteiger partial charge in [0.15, 0.2) is 10.3 Å². The number of fused-ring (bicyclic) bond motifs is 3. The number of hydrogen-bond donors (Lipinski definition) is 2. The maximum atomic E-state index is 5.32. The molecule has 3 heterocycles. The number of aromatic nitrogens is 4. The molecule has 1 aromatic carbocycles. The molecular weight excluding hydrogens is 372 g/mol. The molecule has 3 aromatic heterocycles. The third kappa shape index (κ3) is 2.76. The fourth-order valence-corrected chi connectivity index (χ4v) is 2.76. The van der Waals surface area contributed by atoms with E-state index in [0.717, 1.165) is 22.8 Å². The number of nitrogens with zero attached hydrogens (tertiary/aromatic N) is 4. The van der Waals surface area contributed by atoms with Crippen LogP contribution in [0.1, 0.15) is 18.2 Å². The lowest BCUT2D eigenvalue weighted by molar-refractivity contribution is 0.534. The smallest absolute Gasteiger partial charge is 0.265 e. The van der Waals surface area contributed by atoms with Crippen LogP contribution in [0.5, 0.6) is 0 Å². The van der Waals surface area contributed by atoms with Crippen LogP contribution in [-0.2, 0) is 6.42 Å². The lowest BCUT2D eigenvalue weighted by Crippen LogP contribution is -1.98. The second-order valence-electron chi connectivity index (χ2n) is 5.20. The van der Waals surface area contributed by atoms with E-state index in [0.29, 0.717) is 22.0 Å². The third-order valence-corrected chi connectivity index (χ3v) is 4.06. The molecule has 7 nitrogen and oxygen atoms in total. The molecule has 120 valence electrons. The Morgan fingerprint density at radius 2 is 2.21 bits per heavy atom. The summed E-state index contributed by atoms with van der Waals surface area (Å²) in [5.41, 5.74) is 6.42. The van der Waals surface area contributed by atoms with Crippen LogP contribution in [0.2, 0.25) is 0 Å². The van der Waals surface area contributed by atoms with Gasteiger partial charge in [-0.2, -0.15) is 10.1 Å². The van der Waals surface area contributed by atoms with Crippen molar-refractivity contribution >= 4 is 50.2 Å². The summed E-state index contributed by atoms with van der Waals surface area (Å²) in [7, 11) is 0. The first-order chi connectivity index (χ1) is 11.7. The van der Waals surface area contributed by atoms with E-state index in [-0.39, 0.29) is 0 Å². The third-order valence-electron chi connectivity index (χ3n) is 3.64. The molecule has 8 heteroatoms. The topological polar surface area (TPSA) is 92.0 Å². The number of hydrogen-bond acceptors (Lipinski definition) is 6. The minimum atomic E-state index is 0.312. The van der Waals surface area contributed by atoms with E-state index < -0.39 is 0 Å². The average Bonchev–Trinajstić information content (AvgIpc) is 3.17. The molecule has 0 fully saturated rings. The molecule has 0 atom stereocenters. The van der Waals surface area contributed by atoms with Crippen molar-refractivity contribution in [2.45, 2.75) is 13.3 Å². The Labute approximate surface area is 145 Å². The van der Waals surface area contributed by atoms with Crippen LogP contribution in [0.4, 0.5) is 5.95 Å². The van der Waals surface area contributed by atoms with Gasteiger partial charge in [0.05, 0.1) is 6.21 Å². The zero-order valence-electron chi connectivity index (χ0n) is 12.7. The number of hydrazone groups is 1. The standard InChI is InChI=1S/C16H13BrN6O/c1-2-9-3-5-12-11(7-9)14-15(19-12)20-16(23-21-14)22-18-8-10-4-6-13(17)24-10/h3-8H,2H2,1H3,(H2,19,20,22,23)/b18-8-. The molecular formula is C16H13BrN6O. The van der Waals surface area contributed by atoms with Crippen LogP contribution < -0.4 is 5.43 Å². The van der Waals surface area contributed by atoms with Gasteiger partial charge in [-0.05, 0) is 52.2 Å². The Kier molecular flexibility index (Phi) is 3.73. The number of benzene rings is 1. The molecule has 4 rings (SSSR count). The van der Waals surface area contributed by atoms with E-state index in [1.165, 1.54) is 11.8 Å². The Morgan fingerprint density at radius 3 is 3.00 bits per heavy atom. The number of anilines is 1. The molecule has 0 unspecified atom stereocenters. The zero-order valence-corrected chi connectivity index (χ0v) is 14.3. The maximum Gasteiger partial charge on any atom is 0.265 e. The Balaban J connectivity index is 1.63. The van der Waals surface area contributed by atoms with Crippen LogP contribution in [-0.4, -0.2) is 26.4 Å². The van der Waals surface area contributed by atoms with Crippen LogP contribution in [0, 0.1) is 0 Å². The summed E-state index contributed by atoms with van der Waals surface area (Å²) in [6.07, 6.45) is 2.51. The van der Waals surface area contributed by atoms with Crippen molar-refractivity contribution in [2.24, 2.45) is 5.10 Å². The molecule has 0 saturated carbocycles. The zero-order chi connectivity index (χ0) is 16.5. The predicted octanol–water partition coefficient (Wildman–Crippen LogP) is 3.87. The van der Waals surface area contributed by atoms with Crippen LogP contribution in [0.25, 0.3) is 22.1 Å². The summed E-state index contributed by atoms with van der Waals surface area (Å²) >= 11 is 3.24. The van der Waals surface area contributed by atoms with Crippen molar-refractivity contribution in [1.82, 2.24) is 20.2 Å². The van der Waals surface area contributed by atoms with Crippen molar-refractivity contribution < 1.29 is 4.42 Å². The highest BCUT2D eigenvalue weighted by Crippen LogP contribution is 2.23. The highest BCUT2D eigenvalue weighted by Gasteiger charge is 2.09. The van der Waals surface area contributed by atoms with Crippen molar-refractivity contribution in [3.8, 4) is 0 Å². The molecule has 2 N–H and O–H groups in total. The highest BCUT2D eigenvalue weighted by atomic mass is 79.9. The Bertz CT molecular complexity index is 1050. The van der Waals surface area contributed by atoms with E-state index in [1.807, 2.05) is 6.07 Å². The number of rotatable bonds is 4. The van der Waals surface area contributed by atoms with E-state index >= 15 is 0 Å². The minimum absolute atomic E-state index is 0.312. The summed E-state index contributed by atoms with van der Waals surface area (Å²) in [4.78, 5) is 7.66. The van der Waals surface area contributed by atoms with Gasteiger partial charge in [0.1, 0.15) is 11.3 Å². The second kappa shape index (κ2) is 6.04. The van der Waals surface area contributed by atoms with Gasteiger partial charge in [-0.1, -0.05) is 13.0 Å². The largest absolute Gasteiger partial charge is 0.448 e. The first-order valence-electron chi connectivity index (χ1n) is 7.42. The number of H-pyrrole nitrogens is 1. The van der Waals surface area contributed by atoms with E-state index in [2.05, 4.69) is 65.7 Å². The lowest BCUT2D eigenvalue weighted by Gasteiger charge is -1.97. The molecule has 0 aliphatic carbocycles. The number of aryl methyl sites for hydroxylation is 1. The Hall–Kier alpha value is -2.74. The molecule has 0 amide bonds. The molecule has 0 saturated heterocycles. The summed E-state index contributed by atoms with van der Waals surface area (Å²) < 4.78 is 5.96. The van der Waals surface area contributed by atoms with Crippen molar-refractivity contribution in [3.05, 3.63) is 46.3 Å². The van der Waals surface area contributed by atoms with E-state index in [1.54, 1.807) is 12.1 Å². The van der Waals surface area contributed by atoms with Gasteiger partial charge in [0.2, 0.25) is 0 Å². The first kappa shape index (κ1) is 14.8. The monoisotopic (exact) mass is 384 g/mol. The first-order valence-corrected chi connectivity index (χ1v) is 8.21. The number of furan rings is 1. The summed E-state index contributed by atoms with van der Waals surface area (Å²) in [5.74, 6) is 0.924. The molecule has 0 bridgehead atoms. The molecule has 24 heavy (non-hydrogen) atoms.